The second kappa shape index (κ2) is 5.68. The zero-order chi connectivity index (χ0) is 16.7. The van der Waals surface area contributed by atoms with Crippen LogP contribution >= 0.6 is 0 Å². The van der Waals surface area contributed by atoms with Crippen LogP contribution in [0.3, 0.4) is 0 Å². The molecule has 0 bridgehead atoms. The van der Waals surface area contributed by atoms with E-state index in [2.05, 4.69) is 38.1 Å². The standard InChI is InChI=1S/C21H19NO2/c1-13-10-17-18(12-15-4-6-16(23-3)7-5-15)21-19(8-9-24-21)22-20(17)11-14(13)2/h4-11H,12H2,1-3H3. The maximum Gasteiger partial charge on any atom is 0.156 e. The van der Waals surface area contributed by atoms with Gasteiger partial charge >= 0.3 is 0 Å². The first-order chi connectivity index (χ1) is 11.7. The SMILES string of the molecule is COc1ccc(Cc2c3cc(C)c(C)cc3nc3ccoc23)cc1. The van der Waals surface area contributed by atoms with Crippen molar-refractivity contribution in [2.45, 2.75) is 20.3 Å². The van der Waals surface area contributed by atoms with Crippen molar-refractivity contribution >= 4 is 22.0 Å². The van der Waals surface area contributed by atoms with Gasteiger partial charge < -0.3 is 9.15 Å². The van der Waals surface area contributed by atoms with E-state index in [0.29, 0.717) is 0 Å². The Labute approximate surface area is 140 Å². The minimum atomic E-state index is 0.801. The van der Waals surface area contributed by atoms with E-state index in [4.69, 9.17) is 14.1 Å². The molecule has 3 nitrogen and oxygen atoms in total. The van der Waals surface area contributed by atoms with Crippen molar-refractivity contribution in [3.63, 3.8) is 0 Å². The van der Waals surface area contributed by atoms with E-state index in [1.165, 1.54) is 22.3 Å². The van der Waals surface area contributed by atoms with Crippen molar-refractivity contribution in [1.29, 1.82) is 0 Å². The minimum absolute atomic E-state index is 0.801. The van der Waals surface area contributed by atoms with Gasteiger partial charge in [0.2, 0.25) is 0 Å². The molecule has 2 heterocycles. The first-order valence-electron chi connectivity index (χ1n) is 8.05. The molecule has 0 fully saturated rings. The molecule has 0 amide bonds. The fraction of sp³-hybridized carbons (Fsp3) is 0.190. The third-order valence-electron chi connectivity index (χ3n) is 4.64. The highest BCUT2D eigenvalue weighted by molar-refractivity contribution is 5.95. The van der Waals surface area contributed by atoms with Gasteiger partial charge in [0.1, 0.15) is 11.3 Å². The van der Waals surface area contributed by atoms with Crippen LogP contribution in [0.2, 0.25) is 0 Å². The average Bonchev–Trinajstić information content (AvgIpc) is 3.05. The van der Waals surface area contributed by atoms with Crippen molar-refractivity contribution in [3.8, 4) is 5.75 Å². The smallest absolute Gasteiger partial charge is 0.156 e. The molecule has 0 aliphatic heterocycles. The number of nitrogens with zero attached hydrogens (tertiary/aromatic N) is 1. The summed E-state index contributed by atoms with van der Waals surface area (Å²) in [6.45, 7) is 4.26. The van der Waals surface area contributed by atoms with Crippen molar-refractivity contribution < 1.29 is 9.15 Å². The summed E-state index contributed by atoms with van der Waals surface area (Å²) < 4.78 is 11.0. The highest BCUT2D eigenvalue weighted by atomic mass is 16.5. The van der Waals surface area contributed by atoms with E-state index in [1.807, 2.05) is 18.2 Å². The minimum Gasteiger partial charge on any atom is -0.497 e. The molecule has 0 N–H and O–H groups in total. The Kier molecular flexibility index (Phi) is 3.49. The number of hydrogen-bond donors (Lipinski definition) is 0. The largest absolute Gasteiger partial charge is 0.497 e. The van der Waals surface area contributed by atoms with E-state index in [-0.39, 0.29) is 0 Å². The van der Waals surface area contributed by atoms with Crippen LogP contribution in [0, 0.1) is 13.8 Å². The molecule has 3 heteroatoms. The molecule has 120 valence electrons. The summed E-state index contributed by atoms with van der Waals surface area (Å²) >= 11 is 0. The molecule has 24 heavy (non-hydrogen) atoms. The fourth-order valence-corrected chi connectivity index (χ4v) is 3.13. The van der Waals surface area contributed by atoms with Gasteiger partial charge in [-0.3, -0.25) is 0 Å². The lowest BCUT2D eigenvalue weighted by Crippen LogP contribution is -1.95. The highest BCUT2D eigenvalue weighted by Gasteiger charge is 2.13. The number of furan rings is 1. The van der Waals surface area contributed by atoms with E-state index >= 15 is 0 Å². The molecule has 0 aliphatic carbocycles. The van der Waals surface area contributed by atoms with Crippen LogP contribution in [0.25, 0.3) is 22.0 Å². The van der Waals surface area contributed by atoms with Crippen LogP contribution in [0.5, 0.6) is 5.75 Å². The normalized spacial score (nSPS) is 11.3. The second-order valence-electron chi connectivity index (χ2n) is 6.20. The quantitative estimate of drug-likeness (QED) is 0.521. The van der Waals surface area contributed by atoms with Crippen LogP contribution in [-0.4, -0.2) is 12.1 Å². The molecular weight excluding hydrogens is 298 g/mol. The highest BCUT2D eigenvalue weighted by Crippen LogP contribution is 2.30. The van der Waals surface area contributed by atoms with Gasteiger partial charge in [0.05, 0.1) is 18.9 Å². The molecule has 0 saturated carbocycles. The number of pyridine rings is 1. The fourth-order valence-electron chi connectivity index (χ4n) is 3.13. The van der Waals surface area contributed by atoms with E-state index in [9.17, 15) is 0 Å². The van der Waals surface area contributed by atoms with Crippen LogP contribution < -0.4 is 4.74 Å². The topological polar surface area (TPSA) is 35.3 Å². The van der Waals surface area contributed by atoms with Gasteiger partial charge in [0.15, 0.2) is 5.58 Å². The van der Waals surface area contributed by atoms with Crippen molar-refractivity contribution in [2.75, 3.05) is 7.11 Å². The lowest BCUT2D eigenvalue weighted by molar-refractivity contribution is 0.414. The molecule has 4 aromatic rings. The molecule has 0 atom stereocenters. The average molecular weight is 317 g/mol. The summed E-state index contributed by atoms with van der Waals surface area (Å²) in [5.74, 6) is 0.868. The molecule has 2 aromatic carbocycles. The summed E-state index contributed by atoms with van der Waals surface area (Å²) in [5.41, 5.74) is 7.75. The van der Waals surface area contributed by atoms with Gasteiger partial charge in [0.25, 0.3) is 0 Å². The molecular formula is C21H19NO2. The zero-order valence-corrected chi connectivity index (χ0v) is 14.1. The molecule has 0 saturated heterocycles. The van der Waals surface area contributed by atoms with Crippen molar-refractivity contribution in [2.24, 2.45) is 0 Å². The van der Waals surface area contributed by atoms with Gasteiger partial charge in [-0.05, 0) is 54.8 Å². The first-order valence-corrected chi connectivity index (χ1v) is 8.05. The monoisotopic (exact) mass is 317 g/mol. The maximum absolute atomic E-state index is 5.76. The Morgan fingerprint density at radius 2 is 1.71 bits per heavy atom. The predicted octanol–water partition coefficient (Wildman–Crippen LogP) is 5.20. The summed E-state index contributed by atoms with van der Waals surface area (Å²) in [6, 6.07) is 14.5. The zero-order valence-electron chi connectivity index (χ0n) is 14.1. The Balaban J connectivity index is 1.92. The molecule has 0 spiro atoms. The summed E-state index contributed by atoms with van der Waals surface area (Å²) in [4.78, 5) is 4.76. The number of fused-ring (bicyclic) bond motifs is 2. The number of aromatic nitrogens is 1. The van der Waals surface area contributed by atoms with Crippen LogP contribution in [0.4, 0.5) is 0 Å². The lowest BCUT2D eigenvalue weighted by Gasteiger charge is -2.10. The number of methoxy groups -OCH3 is 1. The number of ether oxygens (including phenoxy) is 1. The van der Waals surface area contributed by atoms with Crippen LogP contribution in [0.15, 0.2) is 53.1 Å². The predicted molar refractivity (Wildman–Crippen MR) is 96.8 cm³/mol. The van der Waals surface area contributed by atoms with E-state index in [1.54, 1.807) is 13.4 Å². The van der Waals surface area contributed by atoms with Crippen molar-refractivity contribution in [1.82, 2.24) is 4.98 Å². The van der Waals surface area contributed by atoms with Crippen LogP contribution in [-0.2, 0) is 6.42 Å². The summed E-state index contributed by atoms with van der Waals surface area (Å²) in [5, 5.41) is 1.16. The molecule has 0 unspecified atom stereocenters. The Hall–Kier alpha value is -2.81. The van der Waals surface area contributed by atoms with Gasteiger partial charge in [0, 0.05) is 23.4 Å². The number of hydrogen-bond acceptors (Lipinski definition) is 3. The maximum atomic E-state index is 5.76. The lowest BCUT2D eigenvalue weighted by atomic mass is 9.97. The number of aryl methyl sites for hydroxylation is 2. The number of benzene rings is 2. The Bertz CT molecular complexity index is 1030. The van der Waals surface area contributed by atoms with Gasteiger partial charge in [-0.25, -0.2) is 4.98 Å². The van der Waals surface area contributed by atoms with Crippen molar-refractivity contribution in [3.05, 3.63) is 71.0 Å². The molecule has 0 aliphatic rings. The van der Waals surface area contributed by atoms with Gasteiger partial charge in [-0.15, -0.1) is 0 Å². The summed E-state index contributed by atoms with van der Waals surface area (Å²) in [6.07, 6.45) is 2.52. The third-order valence-corrected chi connectivity index (χ3v) is 4.64. The Morgan fingerprint density at radius 1 is 0.958 bits per heavy atom. The summed E-state index contributed by atoms with van der Waals surface area (Å²) in [7, 11) is 1.68. The molecule has 2 aromatic heterocycles. The number of rotatable bonds is 3. The van der Waals surface area contributed by atoms with Gasteiger partial charge in [-0.2, -0.15) is 0 Å². The Morgan fingerprint density at radius 3 is 2.46 bits per heavy atom. The van der Waals surface area contributed by atoms with E-state index in [0.717, 1.165) is 34.2 Å². The second-order valence-corrected chi connectivity index (χ2v) is 6.20. The molecule has 0 radical (unpaired) electrons. The van der Waals surface area contributed by atoms with Gasteiger partial charge in [-0.1, -0.05) is 12.1 Å². The van der Waals surface area contributed by atoms with Crippen LogP contribution in [0.1, 0.15) is 22.3 Å². The first kappa shape index (κ1) is 14.8. The van der Waals surface area contributed by atoms with E-state index < -0.39 is 0 Å². The third kappa shape index (κ3) is 2.42. The molecule has 4 rings (SSSR count).